The van der Waals surface area contributed by atoms with Crippen molar-refractivity contribution in [3.63, 3.8) is 0 Å². The molecule has 17 nitrogen and oxygen atoms in total. The van der Waals surface area contributed by atoms with Gasteiger partial charge in [-0.25, -0.2) is 9.13 Å². The summed E-state index contributed by atoms with van der Waals surface area (Å²) >= 11 is 0. The maximum Gasteiger partial charge on any atom is 0.472 e. The van der Waals surface area contributed by atoms with Crippen molar-refractivity contribution in [3.05, 3.63) is 0 Å². The Bertz CT molecular complexity index is 1690. The second-order valence-corrected chi connectivity index (χ2v) is 27.9. The number of aliphatic hydroxyl groups is 1. The van der Waals surface area contributed by atoms with Gasteiger partial charge >= 0.3 is 39.5 Å². The molecule has 0 aromatic heterocycles. The average molecular weight is 1280 g/mol. The number of rotatable bonds is 68. The molecule has 0 rings (SSSR count). The summed E-state index contributed by atoms with van der Waals surface area (Å²) in [6.07, 6.45) is 47.0. The topological polar surface area (TPSA) is 237 Å². The predicted octanol–water partition coefficient (Wildman–Crippen LogP) is 19.4. The van der Waals surface area contributed by atoms with Gasteiger partial charge in [-0.2, -0.15) is 0 Å². The molecule has 0 saturated carbocycles. The van der Waals surface area contributed by atoms with Gasteiger partial charge in [-0.3, -0.25) is 37.3 Å². The van der Waals surface area contributed by atoms with Crippen LogP contribution in [0.3, 0.4) is 0 Å². The van der Waals surface area contributed by atoms with Gasteiger partial charge in [-0.1, -0.05) is 298 Å². The van der Waals surface area contributed by atoms with Gasteiger partial charge in [0.1, 0.15) is 19.3 Å². The van der Waals surface area contributed by atoms with Gasteiger partial charge in [0.25, 0.3) is 0 Å². The summed E-state index contributed by atoms with van der Waals surface area (Å²) in [6, 6.07) is 0. The molecule has 0 heterocycles. The first kappa shape index (κ1) is 85.1. The fourth-order valence-electron chi connectivity index (χ4n) is 10.3. The lowest BCUT2D eigenvalue weighted by Gasteiger charge is -2.21. The van der Waals surface area contributed by atoms with E-state index < -0.39 is 97.5 Å². The quantitative estimate of drug-likeness (QED) is 0.0222. The third kappa shape index (κ3) is 62.6. The van der Waals surface area contributed by atoms with Gasteiger partial charge in [0.05, 0.1) is 26.4 Å². The maximum absolute atomic E-state index is 13.0. The summed E-state index contributed by atoms with van der Waals surface area (Å²) in [5, 5.41) is 10.6. The Labute approximate surface area is 530 Å². The van der Waals surface area contributed by atoms with Crippen LogP contribution < -0.4 is 0 Å². The van der Waals surface area contributed by atoms with E-state index in [0.717, 1.165) is 95.8 Å². The minimum absolute atomic E-state index is 0.107. The Kier molecular flexibility index (Phi) is 60.2. The molecule has 516 valence electrons. The monoisotopic (exact) mass is 1280 g/mol. The van der Waals surface area contributed by atoms with E-state index in [0.29, 0.717) is 25.7 Å². The SMILES string of the molecule is CCCCCCCCCCCCCC(=O)OC[C@H](COP(=O)(O)OC[C@@H](O)COP(=O)(O)OC[C@@H](COC(=O)CCCCCCCCCCC)OC(=O)CCCCCCCCCCCCC)OC(=O)CCCCCCCCCCCCCCCC(C)C. The minimum Gasteiger partial charge on any atom is -0.462 e. The number of hydrogen-bond acceptors (Lipinski definition) is 15. The maximum atomic E-state index is 13.0. The molecule has 0 radical (unpaired) electrons. The van der Waals surface area contributed by atoms with Crippen LogP contribution in [0.5, 0.6) is 0 Å². The van der Waals surface area contributed by atoms with Crippen LogP contribution in [-0.2, 0) is 65.4 Å². The molecule has 0 amide bonds. The number of aliphatic hydroxyl groups excluding tert-OH is 1. The summed E-state index contributed by atoms with van der Waals surface area (Å²) in [5.41, 5.74) is 0. The van der Waals surface area contributed by atoms with E-state index >= 15 is 0 Å². The van der Waals surface area contributed by atoms with E-state index in [4.69, 9.17) is 37.0 Å². The van der Waals surface area contributed by atoms with Crippen LogP contribution in [0.25, 0.3) is 0 Å². The molecule has 2 unspecified atom stereocenters. The molecule has 5 atom stereocenters. The number of hydrogen-bond donors (Lipinski definition) is 3. The van der Waals surface area contributed by atoms with Crippen LogP contribution in [0.2, 0.25) is 0 Å². The summed E-state index contributed by atoms with van der Waals surface area (Å²) in [7, 11) is -9.89. The van der Waals surface area contributed by atoms with Gasteiger partial charge in [-0.05, 0) is 31.6 Å². The van der Waals surface area contributed by atoms with E-state index in [9.17, 15) is 43.2 Å². The van der Waals surface area contributed by atoms with Crippen molar-refractivity contribution in [2.24, 2.45) is 5.92 Å². The minimum atomic E-state index is -4.95. The zero-order valence-electron chi connectivity index (χ0n) is 56.2. The fourth-order valence-corrected chi connectivity index (χ4v) is 11.9. The van der Waals surface area contributed by atoms with Gasteiger partial charge < -0.3 is 33.8 Å². The summed E-state index contributed by atoms with van der Waals surface area (Å²) in [4.78, 5) is 72.4. The Balaban J connectivity index is 5.22. The zero-order valence-corrected chi connectivity index (χ0v) is 57.9. The molecule has 19 heteroatoms. The smallest absolute Gasteiger partial charge is 0.462 e. The van der Waals surface area contributed by atoms with E-state index in [1.54, 1.807) is 0 Å². The van der Waals surface area contributed by atoms with Gasteiger partial charge in [-0.15, -0.1) is 0 Å². The molecular formula is C68H132O17P2. The van der Waals surface area contributed by atoms with Crippen LogP contribution in [-0.4, -0.2) is 96.7 Å². The van der Waals surface area contributed by atoms with Crippen LogP contribution in [0.4, 0.5) is 0 Å². The van der Waals surface area contributed by atoms with Crippen molar-refractivity contribution < 1.29 is 80.2 Å². The Morgan fingerprint density at radius 3 is 0.782 bits per heavy atom. The number of ether oxygens (including phenoxy) is 4. The normalized spacial score (nSPS) is 14.1. The zero-order chi connectivity index (χ0) is 64.2. The van der Waals surface area contributed by atoms with Crippen molar-refractivity contribution >= 4 is 39.5 Å². The fraction of sp³-hybridized carbons (Fsp3) is 0.941. The molecule has 0 aromatic rings. The van der Waals surface area contributed by atoms with Crippen LogP contribution in [0.15, 0.2) is 0 Å². The standard InChI is InChI=1S/C68H132O17P2/c1-6-9-12-15-18-21-26-32-37-42-47-52-66(71)79-58-64(85-68(73)54-49-44-39-34-29-25-23-24-28-31-35-40-45-50-61(4)5)60-83-87(76,77)81-56-62(69)55-80-86(74,75)82-59-63(57-78-65(70)51-46-41-36-30-20-17-14-11-8-3)84-67(72)53-48-43-38-33-27-22-19-16-13-10-7-2/h61-64,69H,6-60H2,1-5H3,(H,74,75)(H,76,77)/t62-,63+,64+/m0/s1. The molecule has 0 aliphatic carbocycles. The molecule has 0 aliphatic heterocycles. The lowest BCUT2D eigenvalue weighted by Crippen LogP contribution is -2.30. The molecule has 0 spiro atoms. The summed E-state index contributed by atoms with van der Waals surface area (Å²) < 4.78 is 68.1. The van der Waals surface area contributed by atoms with Crippen molar-refractivity contribution in [2.75, 3.05) is 39.6 Å². The van der Waals surface area contributed by atoms with Crippen molar-refractivity contribution in [1.82, 2.24) is 0 Å². The van der Waals surface area contributed by atoms with Gasteiger partial charge in [0.15, 0.2) is 12.2 Å². The molecule has 0 aliphatic rings. The highest BCUT2D eigenvalue weighted by Crippen LogP contribution is 2.45. The third-order valence-corrected chi connectivity index (χ3v) is 17.7. The van der Waals surface area contributed by atoms with Crippen molar-refractivity contribution in [1.29, 1.82) is 0 Å². The first-order valence-corrected chi connectivity index (χ1v) is 38.6. The first-order valence-electron chi connectivity index (χ1n) is 35.6. The number of phosphoric ester groups is 2. The lowest BCUT2D eigenvalue weighted by molar-refractivity contribution is -0.161. The highest BCUT2D eigenvalue weighted by Gasteiger charge is 2.30. The highest BCUT2D eigenvalue weighted by molar-refractivity contribution is 7.47. The molecule has 87 heavy (non-hydrogen) atoms. The highest BCUT2D eigenvalue weighted by atomic mass is 31.2. The van der Waals surface area contributed by atoms with Crippen LogP contribution in [0.1, 0.15) is 349 Å². The van der Waals surface area contributed by atoms with Gasteiger partial charge in [0.2, 0.25) is 0 Å². The number of unbranched alkanes of at least 4 members (excludes halogenated alkanes) is 40. The number of carbonyl (C=O) groups is 4. The third-order valence-electron chi connectivity index (χ3n) is 15.8. The average Bonchev–Trinajstić information content (AvgIpc) is 3.70. The number of esters is 4. The lowest BCUT2D eigenvalue weighted by atomic mass is 10.0. The molecule has 0 saturated heterocycles. The van der Waals surface area contributed by atoms with E-state index in [1.165, 1.54) is 173 Å². The van der Waals surface area contributed by atoms with Crippen LogP contribution in [0, 0.1) is 5.92 Å². The summed E-state index contributed by atoms with van der Waals surface area (Å²) in [6.45, 7) is 7.23. The first-order chi connectivity index (χ1) is 42.0. The van der Waals surface area contributed by atoms with Crippen molar-refractivity contribution in [3.8, 4) is 0 Å². The molecule has 0 bridgehead atoms. The Morgan fingerprint density at radius 2 is 0.529 bits per heavy atom. The van der Waals surface area contributed by atoms with Crippen LogP contribution >= 0.6 is 15.6 Å². The molecular weight excluding hydrogens is 1150 g/mol. The predicted molar refractivity (Wildman–Crippen MR) is 349 cm³/mol. The number of carbonyl (C=O) groups excluding carboxylic acids is 4. The number of phosphoric acid groups is 2. The van der Waals surface area contributed by atoms with Gasteiger partial charge in [0, 0.05) is 25.7 Å². The summed E-state index contributed by atoms with van der Waals surface area (Å²) in [5.74, 6) is -1.34. The second-order valence-electron chi connectivity index (χ2n) is 25.0. The largest absolute Gasteiger partial charge is 0.472 e. The van der Waals surface area contributed by atoms with Crippen molar-refractivity contribution in [2.45, 2.75) is 368 Å². The Morgan fingerprint density at radius 1 is 0.310 bits per heavy atom. The molecule has 0 aromatic carbocycles. The van der Waals surface area contributed by atoms with E-state index in [-0.39, 0.29) is 25.7 Å². The molecule has 0 fully saturated rings. The Hall–Kier alpha value is -1.94. The molecule has 3 N–H and O–H groups in total. The second kappa shape index (κ2) is 61.6. The van der Waals surface area contributed by atoms with E-state index in [2.05, 4.69) is 34.6 Å². The van der Waals surface area contributed by atoms with E-state index in [1.807, 2.05) is 0 Å².